The molecule has 8 aromatic rings. The van der Waals surface area contributed by atoms with Crippen molar-refractivity contribution >= 4 is 78.4 Å². The number of benzene rings is 4. The number of rotatable bonds is 2. The van der Waals surface area contributed by atoms with Crippen molar-refractivity contribution in [3.05, 3.63) is 182 Å². The standard InChI is InChI=1S/2C11H6ClN2.2C10H10N2.2Pt/c2*12-10-6-5-8-7-3-1-2-4-9(7)13-11(8)14-10;2*1-11-7-8-12(9-11)10-5-3-2-4-6-10;;/h2*1-6H;2*2-5,7-9H,1H3;;/q2*-1;2*-2;;. The maximum Gasteiger partial charge on any atom is 0.0272 e. The van der Waals surface area contributed by atoms with Gasteiger partial charge in [0, 0.05) is 52.4 Å². The van der Waals surface area contributed by atoms with Gasteiger partial charge in [0.15, 0.2) is 0 Å². The van der Waals surface area contributed by atoms with Crippen molar-refractivity contribution in [1.82, 2.24) is 29.7 Å². The van der Waals surface area contributed by atoms with Crippen LogP contribution in [0.5, 0.6) is 0 Å². The van der Waals surface area contributed by atoms with Crippen molar-refractivity contribution in [2.45, 2.75) is 0 Å². The van der Waals surface area contributed by atoms with E-state index in [1.54, 1.807) is 12.1 Å². The molecule has 0 aliphatic carbocycles. The number of hydrogen-bond donors (Lipinski definition) is 0. The van der Waals surface area contributed by atoms with Crippen LogP contribution in [-0.4, -0.2) is 33.9 Å². The number of hydrogen-bond acceptors (Lipinski definition) is 6. The second-order valence-electron chi connectivity index (χ2n) is 11.7. The van der Waals surface area contributed by atoms with Gasteiger partial charge in [0.1, 0.15) is 0 Å². The van der Waals surface area contributed by atoms with E-state index in [2.05, 4.69) is 32.1 Å². The Bertz CT molecular complexity index is 2300. The molecule has 10 rings (SSSR count). The van der Waals surface area contributed by atoms with E-state index in [-0.39, 0.29) is 42.1 Å². The third-order valence-corrected chi connectivity index (χ3v) is 8.42. The molecule has 0 bridgehead atoms. The minimum Gasteiger partial charge on any atom is -0.510 e. The maximum absolute atomic E-state index is 5.80. The zero-order valence-electron chi connectivity index (χ0n) is 29.0. The Balaban J connectivity index is 0.000000137. The molecule has 4 aromatic carbocycles. The Morgan fingerprint density at radius 3 is 1.28 bits per heavy atom. The van der Waals surface area contributed by atoms with E-state index < -0.39 is 0 Å². The molecule has 8 nitrogen and oxygen atoms in total. The molecule has 0 unspecified atom stereocenters. The van der Waals surface area contributed by atoms with E-state index in [9.17, 15) is 0 Å². The van der Waals surface area contributed by atoms with Crippen LogP contribution in [0.3, 0.4) is 0 Å². The van der Waals surface area contributed by atoms with E-state index in [1.165, 1.54) is 0 Å². The van der Waals surface area contributed by atoms with Crippen molar-refractivity contribution in [3.63, 3.8) is 0 Å². The zero-order valence-corrected chi connectivity index (χ0v) is 35.0. The van der Waals surface area contributed by atoms with Crippen molar-refractivity contribution in [1.29, 1.82) is 0 Å². The van der Waals surface area contributed by atoms with Gasteiger partial charge in [-0.3, -0.25) is 0 Å². The number of nitrogens with zero attached hydrogens (tertiary/aromatic N) is 8. The summed E-state index contributed by atoms with van der Waals surface area (Å²) in [6.45, 7) is 4.01. The summed E-state index contributed by atoms with van der Waals surface area (Å²) in [7, 11) is 4.00. The number of para-hydroxylation sites is 4. The third kappa shape index (κ3) is 9.93. The summed E-state index contributed by atoms with van der Waals surface area (Å²) in [4.78, 5) is 25.2. The Morgan fingerprint density at radius 2 is 0.907 bits per heavy atom. The largest absolute Gasteiger partial charge is 0.510 e. The fraction of sp³-hybridized carbons (Fsp3) is 0.0476. The molecular weight excluding hydrogens is 1080 g/mol. The van der Waals surface area contributed by atoms with Gasteiger partial charge in [-0.25, -0.2) is 0 Å². The van der Waals surface area contributed by atoms with Crippen molar-refractivity contribution in [3.8, 4) is 0 Å². The number of aromatic nitrogens is 4. The average molecular weight is 1110 g/mol. The predicted octanol–water partition coefficient (Wildman–Crippen LogP) is 9.65. The van der Waals surface area contributed by atoms with Crippen LogP contribution in [0.1, 0.15) is 0 Å². The number of pyridine rings is 2. The Hall–Kier alpha value is -4.58. The molecule has 0 saturated heterocycles. The topological polar surface area (TPSA) is 66.9 Å². The SMILES string of the molecule is CN1C=CN(c2[c-]cccc2)[CH-]1.CN1C=CN(c2[c-]cccc2)[CH-]1.Clc1ccc2c(n1)[n-]c1ccccc12.Clc1ccc2c(n1)[n-]c1ccccc12.[Pt].[Pt]. The third-order valence-electron chi connectivity index (χ3n) is 8.00. The predicted molar refractivity (Wildman–Crippen MR) is 213 cm³/mol. The molecule has 12 heteroatoms. The molecule has 6 heterocycles. The molecule has 0 amide bonds. The average Bonchev–Trinajstić information content (AvgIpc) is 3.97. The second kappa shape index (κ2) is 19.1. The van der Waals surface area contributed by atoms with Crippen LogP contribution in [0.2, 0.25) is 10.3 Å². The van der Waals surface area contributed by atoms with E-state index in [4.69, 9.17) is 23.2 Å². The molecule has 280 valence electrons. The Kier molecular flexibility index (Phi) is 14.4. The van der Waals surface area contributed by atoms with Gasteiger partial charge in [0.25, 0.3) is 0 Å². The van der Waals surface area contributed by atoms with Crippen LogP contribution >= 0.6 is 23.2 Å². The van der Waals surface area contributed by atoms with Gasteiger partial charge in [-0.1, -0.05) is 83.9 Å². The quantitative estimate of drug-likeness (QED) is 0.125. The molecule has 0 saturated carbocycles. The second-order valence-corrected chi connectivity index (χ2v) is 12.5. The first-order valence-electron chi connectivity index (χ1n) is 16.4. The summed E-state index contributed by atoms with van der Waals surface area (Å²) < 4.78 is 0. The van der Waals surface area contributed by atoms with Gasteiger partial charge in [0.2, 0.25) is 0 Å². The first-order chi connectivity index (χ1) is 25.4. The van der Waals surface area contributed by atoms with Crippen LogP contribution in [0.25, 0.3) is 43.9 Å². The Morgan fingerprint density at radius 1 is 0.500 bits per heavy atom. The molecule has 54 heavy (non-hydrogen) atoms. The van der Waals surface area contributed by atoms with Gasteiger partial charge in [0.05, 0.1) is 0 Å². The molecular formula is C42H32Cl2N8Pt2-6. The molecule has 0 fully saturated rings. The van der Waals surface area contributed by atoms with Crippen LogP contribution < -0.4 is 19.8 Å². The smallest absolute Gasteiger partial charge is 0.0272 e. The summed E-state index contributed by atoms with van der Waals surface area (Å²) in [5.74, 6) is 0. The molecule has 2 aliphatic heterocycles. The van der Waals surface area contributed by atoms with Gasteiger partial charge in [-0.2, -0.15) is 74.0 Å². The molecule has 0 spiro atoms. The van der Waals surface area contributed by atoms with Crippen LogP contribution in [0.15, 0.2) is 146 Å². The molecule has 4 aromatic heterocycles. The summed E-state index contributed by atoms with van der Waals surface area (Å²) in [5, 5.41) is 5.36. The monoisotopic (exact) mass is 1110 g/mol. The van der Waals surface area contributed by atoms with Crippen molar-refractivity contribution in [2.75, 3.05) is 23.9 Å². The molecule has 0 radical (unpaired) electrons. The van der Waals surface area contributed by atoms with Crippen molar-refractivity contribution < 1.29 is 42.1 Å². The summed E-state index contributed by atoms with van der Waals surface area (Å²) in [5.41, 5.74) is 5.52. The summed E-state index contributed by atoms with van der Waals surface area (Å²) >= 11 is 11.6. The van der Waals surface area contributed by atoms with Crippen LogP contribution in [-0.2, 0) is 42.1 Å². The summed E-state index contributed by atoms with van der Waals surface area (Å²) in [6.07, 6.45) is 8.01. The van der Waals surface area contributed by atoms with Gasteiger partial charge in [-0.05, 0) is 94.9 Å². The Labute approximate surface area is 353 Å². The molecule has 0 N–H and O–H groups in total. The molecule has 2 aliphatic rings. The number of anilines is 2. The molecule has 0 atom stereocenters. The maximum atomic E-state index is 5.80. The zero-order chi connectivity index (χ0) is 35.9. The normalized spacial score (nSPS) is 12.8. The van der Waals surface area contributed by atoms with Gasteiger partial charge >= 0.3 is 0 Å². The fourth-order valence-electron chi connectivity index (χ4n) is 5.54. The first kappa shape index (κ1) is 40.6. The van der Waals surface area contributed by atoms with E-state index >= 15 is 0 Å². The number of halogens is 2. The van der Waals surface area contributed by atoms with E-state index in [1.807, 2.05) is 181 Å². The van der Waals surface area contributed by atoms with Crippen LogP contribution in [0.4, 0.5) is 11.4 Å². The van der Waals surface area contributed by atoms with Crippen molar-refractivity contribution in [2.24, 2.45) is 0 Å². The number of fused-ring (bicyclic) bond motifs is 6. The first-order valence-corrected chi connectivity index (χ1v) is 17.1. The summed E-state index contributed by atoms with van der Waals surface area (Å²) in [6, 6.07) is 45.6. The minimum atomic E-state index is 0. The van der Waals surface area contributed by atoms with Gasteiger partial charge < -0.3 is 39.5 Å². The fourth-order valence-corrected chi connectivity index (χ4v) is 5.83. The van der Waals surface area contributed by atoms with E-state index in [0.717, 1.165) is 55.2 Å². The van der Waals surface area contributed by atoms with Crippen LogP contribution in [0, 0.1) is 25.5 Å². The van der Waals surface area contributed by atoms with E-state index in [0.29, 0.717) is 10.3 Å². The van der Waals surface area contributed by atoms with Gasteiger partial charge in [-0.15, -0.1) is 11.4 Å². The minimum absolute atomic E-state index is 0.